The lowest BCUT2D eigenvalue weighted by Gasteiger charge is -2.16. The van der Waals surface area contributed by atoms with E-state index in [2.05, 4.69) is 20.3 Å². The summed E-state index contributed by atoms with van der Waals surface area (Å²) in [6.45, 7) is 0.625. The zero-order valence-corrected chi connectivity index (χ0v) is 13.6. The summed E-state index contributed by atoms with van der Waals surface area (Å²) in [5.41, 5.74) is 7.20. The number of rotatable bonds is 4. The molecule has 0 saturated heterocycles. The minimum Gasteiger partial charge on any atom is -0.370 e. The van der Waals surface area contributed by atoms with E-state index in [1.807, 2.05) is 7.05 Å². The maximum absolute atomic E-state index is 5.94. The third-order valence-corrected chi connectivity index (χ3v) is 4.25. The van der Waals surface area contributed by atoms with Crippen LogP contribution in [0, 0.1) is 0 Å². The lowest BCUT2D eigenvalue weighted by Crippen LogP contribution is -2.35. The molecule has 4 nitrogen and oxygen atoms in total. The van der Waals surface area contributed by atoms with Gasteiger partial charge in [0.15, 0.2) is 5.96 Å². The summed E-state index contributed by atoms with van der Waals surface area (Å²) in [6, 6.07) is 0.622. The molecule has 100 valence electrons. The average Bonchev–Trinajstić information content (AvgIpc) is 3.23. The molecule has 0 radical (unpaired) electrons. The number of thiazole rings is 1. The molecule has 0 aliphatic heterocycles. The number of guanidine groups is 1. The maximum atomic E-state index is 5.94. The first-order valence-corrected chi connectivity index (χ1v) is 7.09. The molecule has 2 saturated carbocycles. The molecule has 2 fully saturated rings. The van der Waals surface area contributed by atoms with Crippen molar-refractivity contribution in [1.29, 1.82) is 0 Å². The highest BCUT2D eigenvalue weighted by atomic mass is 127. The van der Waals surface area contributed by atoms with Gasteiger partial charge in [0, 0.05) is 24.4 Å². The van der Waals surface area contributed by atoms with Crippen LogP contribution in [0.4, 0.5) is 0 Å². The highest BCUT2D eigenvalue weighted by Crippen LogP contribution is 2.40. The van der Waals surface area contributed by atoms with E-state index in [0.29, 0.717) is 18.5 Å². The minimum atomic E-state index is 0. The van der Waals surface area contributed by atoms with Crippen LogP contribution in [0.15, 0.2) is 10.4 Å². The standard InChI is InChI=1S/C12H18N4S.HI/c1-16(9-4-5-9)12(13)14-6-11-15-10(7-17-11)8-2-3-8;/h7-9H,2-6H2,1H3,(H2,13,14);1H. The van der Waals surface area contributed by atoms with E-state index in [4.69, 9.17) is 5.73 Å². The van der Waals surface area contributed by atoms with E-state index in [1.54, 1.807) is 11.3 Å². The lowest BCUT2D eigenvalue weighted by atomic mass is 10.3. The molecule has 1 aromatic heterocycles. The second kappa shape index (κ2) is 5.73. The molecule has 1 aromatic rings. The van der Waals surface area contributed by atoms with Crippen LogP contribution >= 0.6 is 35.3 Å². The summed E-state index contributed by atoms with van der Waals surface area (Å²) >= 11 is 1.70. The molecule has 0 spiro atoms. The van der Waals surface area contributed by atoms with Crippen LogP contribution in [0.1, 0.15) is 42.3 Å². The van der Waals surface area contributed by atoms with Gasteiger partial charge in [-0.25, -0.2) is 9.98 Å². The second-order valence-electron chi connectivity index (χ2n) is 4.96. The van der Waals surface area contributed by atoms with Gasteiger partial charge < -0.3 is 10.6 Å². The van der Waals surface area contributed by atoms with Gasteiger partial charge >= 0.3 is 0 Å². The molecule has 0 bridgehead atoms. The minimum absolute atomic E-state index is 0. The molecule has 0 amide bonds. The van der Waals surface area contributed by atoms with E-state index < -0.39 is 0 Å². The van der Waals surface area contributed by atoms with Crippen molar-refractivity contribution in [3.8, 4) is 0 Å². The van der Waals surface area contributed by atoms with Crippen LogP contribution in [0.3, 0.4) is 0 Å². The van der Waals surface area contributed by atoms with Gasteiger partial charge in [-0.1, -0.05) is 0 Å². The second-order valence-corrected chi connectivity index (χ2v) is 5.90. The van der Waals surface area contributed by atoms with Crippen molar-refractivity contribution in [3.05, 3.63) is 16.1 Å². The Labute approximate surface area is 129 Å². The van der Waals surface area contributed by atoms with Crippen LogP contribution in [0.2, 0.25) is 0 Å². The zero-order valence-electron chi connectivity index (χ0n) is 10.5. The van der Waals surface area contributed by atoms with Gasteiger partial charge in [0.1, 0.15) is 5.01 Å². The van der Waals surface area contributed by atoms with Gasteiger partial charge in [0.05, 0.1) is 12.2 Å². The normalized spacial score (nSPS) is 19.5. The van der Waals surface area contributed by atoms with E-state index in [1.165, 1.54) is 31.4 Å². The van der Waals surface area contributed by atoms with Crippen molar-refractivity contribution in [1.82, 2.24) is 9.88 Å². The maximum Gasteiger partial charge on any atom is 0.191 e. The summed E-state index contributed by atoms with van der Waals surface area (Å²) in [5, 5.41) is 3.25. The third kappa shape index (κ3) is 3.34. The van der Waals surface area contributed by atoms with E-state index in [-0.39, 0.29) is 24.0 Å². The predicted octanol–water partition coefficient (Wildman–Crippen LogP) is 2.55. The van der Waals surface area contributed by atoms with Crippen LogP contribution < -0.4 is 5.73 Å². The van der Waals surface area contributed by atoms with Gasteiger partial charge in [-0.3, -0.25) is 0 Å². The van der Waals surface area contributed by atoms with Crippen molar-refractivity contribution >= 4 is 41.3 Å². The van der Waals surface area contributed by atoms with Crippen molar-refractivity contribution < 1.29 is 0 Å². The zero-order chi connectivity index (χ0) is 11.8. The summed E-state index contributed by atoms with van der Waals surface area (Å²) in [6.07, 6.45) is 5.10. The molecule has 18 heavy (non-hydrogen) atoms. The van der Waals surface area contributed by atoms with Crippen molar-refractivity contribution in [2.24, 2.45) is 10.7 Å². The fourth-order valence-corrected chi connectivity index (χ4v) is 2.67. The Balaban J connectivity index is 0.00000120. The number of nitrogens with two attached hydrogens (primary N) is 1. The van der Waals surface area contributed by atoms with Crippen molar-refractivity contribution in [2.45, 2.75) is 44.2 Å². The Hall–Kier alpha value is -0.370. The smallest absolute Gasteiger partial charge is 0.191 e. The fraction of sp³-hybridized carbons (Fsp3) is 0.667. The lowest BCUT2D eigenvalue weighted by molar-refractivity contribution is 0.487. The number of nitrogens with zero attached hydrogens (tertiary/aromatic N) is 3. The van der Waals surface area contributed by atoms with Gasteiger partial charge in [-0.05, 0) is 25.7 Å². The van der Waals surface area contributed by atoms with Crippen molar-refractivity contribution in [3.63, 3.8) is 0 Å². The van der Waals surface area contributed by atoms with Crippen LogP contribution in [0.25, 0.3) is 0 Å². The van der Waals surface area contributed by atoms with Gasteiger partial charge in [-0.2, -0.15) is 0 Å². The highest BCUT2D eigenvalue weighted by molar-refractivity contribution is 14.0. The highest BCUT2D eigenvalue weighted by Gasteiger charge is 2.27. The molecule has 2 aliphatic carbocycles. The molecule has 2 aliphatic rings. The SMILES string of the molecule is CN(C(N)=NCc1nc(C2CC2)cs1)C1CC1.I. The molecule has 1 heterocycles. The summed E-state index contributed by atoms with van der Waals surface area (Å²) < 4.78 is 0. The molecule has 0 unspecified atom stereocenters. The van der Waals surface area contributed by atoms with E-state index in [0.717, 1.165) is 10.9 Å². The van der Waals surface area contributed by atoms with E-state index >= 15 is 0 Å². The van der Waals surface area contributed by atoms with E-state index in [9.17, 15) is 0 Å². The molecular formula is C12H19IN4S. The van der Waals surface area contributed by atoms with Gasteiger partial charge in [0.2, 0.25) is 0 Å². The largest absolute Gasteiger partial charge is 0.370 e. The summed E-state index contributed by atoms with van der Waals surface area (Å²) in [4.78, 5) is 11.1. The fourth-order valence-electron chi connectivity index (χ4n) is 1.87. The third-order valence-electron chi connectivity index (χ3n) is 3.40. The van der Waals surface area contributed by atoms with Crippen LogP contribution in [-0.4, -0.2) is 28.9 Å². The number of hydrogen-bond acceptors (Lipinski definition) is 3. The van der Waals surface area contributed by atoms with Crippen LogP contribution in [-0.2, 0) is 6.54 Å². The first kappa shape index (κ1) is 14.0. The number of aromatic nitrogens is 1. The first-order valence-electron chi connectivity index (χ1n) is 6.21. The van der Waals surface area contributed by atoms with Crippen molar-refractivity contribution in [2.75, 3.05) is 7.05 Å². The van der Waals surface area contributed by atoms with Crippen LogP contribution in [0.5, 0.6) is 0 Å². The predicted molar refractivity (Wildman–Crippen MR) is 85.6 cm³/mol. The molecule has 2 N–H and O–H groups in total. The Morgan fingerprint density at radius 2 is 2.22 bits per heavy atom. The quantitative estimate of drug-likeness (QED) is 0.498. The summed E-state index contributed by atoms with van der Waals surface area (Å²) in [5.74, 6) is 1.38. The number of hydrogen-bond donors (Lipinski definition) is 1. The number of halogens is 1. The molecular weight excluding hydrogens is 359 g/mol. The molecule has 3 rings (SSSR count). The molecule has 0 aromatic carbocycles. The Morgan fingerprint density at radius 1 is 1.50 bits per heavy atom. The summed E-state index contributed by atoms with van der Waals surface area (Å²) in [7, 11) is 2.02. The topological polar surface area (TPSA) is 54.5 Å². The average molecular weight is 378 g/mol. The number of aliphatic imine (C=N–C) groups is 1. The van der Waals surface area contributed by atoms with Gasteiger partial charge in [-0.15, -0.1) is 35.3 Å². The van der Waals surface area contributed by atoms with Gasteiger partial charge in [0.25, 0.3) is 0 Å². The Kier molecular flexibility index (Phi) is 4.47. The molecule has 0 atom stereocenters. The first-order chi connectivity index (χ1) is 8.24. The molecule has 6 heteroatoms. The Bertz CT molecular complexity index is 437. The Morgan fingerprint density at radius 3 is 2.83 bits per heavy atom. The monoisotopic (exact) mass is 378 g/mol.